The Morgan fingerprint density at radius 1 is 1.03 bits per heavy atom. The Balaban J connectivity index is 2.02. The summed E-state index contributed by atoms with van der Waals surface area (Å²) in [5.41, 5.74) is -1.19. The predicted octanol–water partition coefficient (Wildman–Crippen LogP) is 5.20. The largest absolute Gasteiger partial charge is 0.495 e. The van der Waals surface area contributed by atoms with Crippen LogP contribution in [0.2, 0.25) is 5.02 Å². The first kappa shape index (κ1) is 24.4. The highest BCUT2D eigenvalue weighted by atomic mass is 35.5. The van der Waals surface area contributed by atoms with E-state index in [0.29, 0.717) is 10.4 Å². The third kappa shape index (κ3) is 5.77. The van der Waals surface area contributed by atoms with Crippen molar-refractivity contribution < 1.29 is 31.1 Å². The van der Waals surface area contributed by atoms with Crippen molar-refractivity contribution in [3.05, 3.63) is 83.4 Å². The second-order valence-electron chi connectivity index (χ2n) is 6.77. The number of ether oxygens (including phenoxy) is 1. The predicted molar refractivity (Wildman–Crippen MR) is 119 cm³/mol. The van der Waals surface area contributed by atoms with Gasteiger partial charge in [0.15, 0.2) is 0 Å². The zero-order chi connectivity index (χ0) is 24.2. The number of halogens is 4. The summed E-state index contributed by atoms with van der Waals surface area (Å²) in [5, 5.41) is 2.78. The van der Waals surface area contributed by atoms with Gasteiger partial charge in [0.05, 0.1) is 28.9 Å². The highest BCUT2D eigenvalue weighted by Crippen LogP contribution is 2.33. The molecular weight excluding hydrogens is 481 g/mol. The summed E-state index contributed by atoms with van der Waals surface area (Å²) < 4.78 is 72.1. The van der Waals surface area contributed by atoms with E-state index in [9.17, 15) is 26.4 Å². The van der Waals surface area contributed by atoms with Crippen molar-refractivity contribution in [1.82, 2.24) is 0 Å². The number of hydrogen-bond donors (Lipinski definition) is 1. The van der Waals surface area contributed by atoms with Gasteiger partial charge in [-0.15, -0.1) is 0 Å². The minimum atomic E-state index is -4.70. The van der Waals surface area contributed by atoms with Crippen LogP contribution in [-0.4, -0.2) is 28.0 Å². The number of anilines is 2. The molecule has 1 amide bonds. The molecule has 3 aromatic carbocycles. The molecule has 0 fully saturated rings. The Labute approximate surface area is 193 Å². The summed E-state index contributed by atoms with van der Waals surface area (Å²) in [4.78, 5) is 12.6. The van der Waals surface area contributed by atoms with Gasteiger partial charge in [-0.1, -0.05) is 35.9 Å². The third-order valence-corrected chi connectivity index (χ3v) is 6.54. The number of nitrogens with one attached hydrogen (secondary N) is 1. The summed E-state index contributed by atoms with van der Waals surface area (Å²) in [7, 11) is -3.01. The topological polar surface area (TPSA) is 75.7 Å². The Morgan fingerprint density at radius 2 is 1.73 bits per heavy atom. The van der Waals surface area contributed by atoms with Gasteiger partial charge in [0.25, 0.3) is 10.0 Å². The number of nitrogens with zero attached hydrogens (tertiary/aromatic N) is 1. The molecule has 3 rings (SSSR count). The number of carbonyl (C=O) groups is 1. The quantitative estimate of drug-likeness (QED) is 0.486. The molecule has 3 aromatic rings. The number of amides is 1. The fourth-order valence-corrected chi connectivity index (χ4v) is 4.58. The first-order valence-corrected chi connectivity index (χ1v) is 11.2. The van der Waals surface area contributed by atoms with Crippen LogP contribution >= 0.6 is 11.6 Å². The van der Waals surface area contributed by atoms with Crippen LogP contribution < -0.4 is 14.4 Å². The highest BCUT2D eigenvalue weighted by Gasteiger charge is 2.33. The van der Waals surface area contributed by atoms with Gasteiger partial charge in [0.2, 0.25) is 5.91 Å². The van der Waals surface area contributed by atoms with Crippen LogP contribution in [0.4, 0.5) is 24.5 Å². The Kier molecular flexibility index (Phi) is 7.19. The molecule has 0 radical (unpaired) electrons. The van der Waals surface area contributed by atoms with E-state index in [1.165, 1.54) is 55.6 Å². The summed E-state index contributed by atoms with van der Waals surface area (Å²) in [6, 6.07) is 15.3. The molecule has 0 saturated carbocycles. The van der Waals surface area contributed by atoms with E-state index in [0.717, 1.165) is 12.1 Å². The Hall–Kier alpha value is -3.24. The van der Waals surface area contributed by atoms with Gasteiger partial charge in [0.1, 0.15) is 12.3 Å². The lowest BCUT2D eigenvalue weighted by molar-refractivity contribution is -0.137. The maximum Gasteiger partial charge on any atom is 0.416 e. The molecule has 11 heteroatoms. The SMILES string of the molecule is COc1ccc(Cl)cc1NC(=O)CN(c1cccc(C(F)(F)F)c1)S(=O)(=O)c1ccccc1. The second-order valence-corrected chi connectivity index (χ2v) is 9.06. The van der Waals surface area contributed by atoms with Crippen LogP contribution in [0.5, 0.6) is 5.75 Å². The van der Waals surface area contributed by atoms with Crippen LogP contribution in [-0.2, 0) is 21.0 Å². The molecule has 0 heterocycles. The van der Waals surface area contributed by atoms with Crippen LogP contribution in [0.15, 0.2) is 77.7 Å². The van der Waals surface area contributed by atoms with Crippen molar-refractivity contribution in [2.24, 2.45) is 0 Å². The van der Waals surface area contributed by atoms with Crippen LogP contribution in [0.1, 0.15) is 5.56 Å². The molecule has 6 nitrogen and oxygen atoms in total. The average molecular weight is 499 g/mol. The van der Waals surface area contributed by atoms with Crippen LogP contribution in [0.3, 0.4) is 0 Å². The molecule has 0 aromatic heterocycles. The number of sulfonamides is 1. The normalized spacial score (nSPS) is 11.7. The number of hydrogen-bond acceptors (Lipinski definition) is 4. The molecule has 0 atom stereocenters. The standard InChI is InChI=1S/C22H18ClF3N2O4S/c1-32-20-11-10-16(23)13-19(20)27-21(29)14-28(33(30,31)18-8-3-2-4-9-18)17-7-5-6-15(12-17)22(24,25)26/h2-13H,14H2,1H3,(H,27,29). The number of rotatable bonds is 7. The van der Waals surface area contributed by atoms with Crippen molar-refractivity contribution in [3.8, 4) is 5.75 Å². The van der Waals surface area contributed by atoms with E-state index in [2.05, 4.69) is 5.32 Å². The fraction of sp³-hybridized carbons (Fsp3) is 0.136. The molecule has 0 unspecified atom stereocenters. The number of carbonyl (C=O) groups excluding carboxylic acids is 1. The fourth-order valence-electron chi connectivity index (χ4n) is 2.97. The summed E-state index contributed by atoms with van der Waals surface area (Å²) in [6.45, 7) is -0.797. The van der Waals surface area contributed by atoms with Crippen molar-refractivity contribution >= 4 is 38.9 Å². The average Bonchev–Trinajstić information content (AvgIpc) is 2.77. The van der Waals surface area contributed by atoms with Gasteiger partial charge in [-0.3, -0.25) is 9.10 Å². The Bertz CT molecular complexity index is 1250. The summed E-state index contributed by atoms with van der Waals surface area (Å²) >= 11 is 5.95. The van der Waals surface area contributed by atoms with Crippen LogP contribution in [0.25, 0.3) is 0 Å². The smallest absolute Gasteiger partial charge is 0.416 e. The zero-order valence-electron chi connectivity index (χ0n) is 17.1. The molecular formula is C22H18ClF3N2O4S. The molecule has 1 N–H and O–H groups in total. The minimum absolute atomic E-state index is 0.177. The van der Waals surface area contributed by atoms with Crippen LogP contribution in [0, 0.1) is 0 Å². The van der Waals surface area contributed by atoms with Crippen molar-refractivity contribution in [2.75, 3.05) is 23.3 Å². The van der Waals surface area contributed by atoms with Crippen molar-refractivity contribution in [1.29, 1.82) is 0 Å². The highest BCUT2D eigenvalue weighted by molar-refractivity contribution is 7.92. The maximum atomic E-state index is 13.3. The Morgan fingerprint density at radius 3 is 2.36 bits per heavy atom. The zero-order valence-corrected chi connectivity index (χ0v) is 18.7. The van der Waals surface area contributed by atoms with E-state index >= 15 is 0 Å². The van der Waals surface area contributed by atoms with Gasteiger partial charge in [-0.05, 0) is 48.5 Å². The second kappa shape index (κ2) is 9.72. The maximum absolute atomic E-state index is 13.3. The molecule has 0 aliphatic heterocycles. The summed E-state index contributed by atoms with van der Waals surface area (Å²) in [5.74, 6) is -0.545. The van der Waals surface area contributed by atoms with Gasteiger partial charge < -0.3 is 10.1 Å². The number of methoxy groups -OCH3 is 1. The van der Waals surface area contributed by atoms with Gasteiger partial charge >= 0.3 is 6.18 Å². The van der Waals surface area contributed by atoms with Crippen molar-refractivity contribution in [3.63, 3.8) is 0 Å². The van der Waals surface area contributed by atoms with E-state index in [-0.39, 0.29) is 27.0 Å². The van der Waals surface area contributed by atoms with Gasteiger partial charge in [-0.2, -0.15) is 13.2 Å². The molecule has 0 aliphatic rings. The van der Waals surface area contributed by atoms with E-state index in [1.54, 1.807) is 6.07 Å². The molecule has 0 bridgehead atoms. The van der Waals surface area contributed by atoms with Gasteiger partial charge in [0, 0.05) is 5.02 Å². The lowest BCUT2D eigenvalue weighted by atomic mass is 10.2. The lowest BCUT2D eigenvalue weighted by Gasteiger charge is -2.25. The summed E-state index contributed by atoms with van der Waals surface area (Å²) in [6.07, 6.45) is -4.70. The third-order valence-electron chi connectivity index (χ3n) is 4.52. The molecule has 0 aliphatic carbocycles. The monoisotopic (exact) mass is 498 g/mol. The molecule has 33 heavy (non-hydrogen) atoms. The first-order valence-electron chi connectivity index (χ1n) is 9.41. The molecule has 0 saturated heterocycles. The number of benzene rings is 3. The van der Waals surface area contributed by atoms with Crippen molar-refractivity contribution in [2.45, 2.75) is 11.1 Å². The van der Waals surface area contributed by atoms with E-state index in [4.69, 9.17) is 16.3 Å². The number of alkyl halides is 3. The lowest BCUT2D eigenvalue weighted by Crippen LogP contribution is -2.38. The van der Waals surface area contributed by atoms with E-state index in [1.807, 2.05) is 0 Å². The van der Waals surface area contributed by atoms with Gasteiger partial charge in [-0.25, -0.2) is 8.42 Å². The minimum Gasteiger partial charge on any atom is -0.495 e. The molecule has 0 spiro atoms. The van der Waals surface area contributed by atoms with E-state index < -0.39 is 34.2 Å². The first-order chi connectivity index (χ1) is 15.5. The molecule has 174 valence electrons.